The summed E-state index contributed by atoms with van der Waals surface area (Å²) in [5, 5.41) is -0.301. The van der Waals surface area contributed by atoms with E-state index in [-0.39, 0.29) is 11.3 Å². The second-order valence-corrected chi connectivity index (χ2v) is 4.67. The van der Waals surface area contributed by atoms with E-state index in [1.165, 1.54) is 7.11 Å². The van der Waals surface area contributed by atoms with Gasteiger partial charge in [-0.3, -0.25) is 4.98 Å². The van der Waals surface area contributed by atoms with E-state index < -0.39 is 6.04 Å². The molecule has 0 N–H and O–H groups in total. The van der Waals surface area contributed by atoms with Crippen molar-refractivity contribution in [2.24, 2.45) is 0 Å². The molecule has 96 valence electrons. The Balaban J connectivity index is 2.65. The highest BCUT2D eigenvalue weighted by atomic mass is 35.5. The number of carbonyl (C=O) groups is 1. The molecule has 2 rings (SSSR count). The average Bonchev–Trinajstić information content (AvgIpc) is 2.76. The van der Waals surface area contributed by atoms with Crippen molar-refractivity contribution in [3.63, 3.8) is 0 Å². The molecule has 0 spiro atoms. The summed E-state index contributed by atoms with van der Waals surface area (Å²) >= 11 is 6.12. The molecule has 2 unspecified atom stereocenters. The zero-order valence-corrected chi connectivity index (χ0v) is 11.2. The largest absolute Gasteiger partial charge is 0.467 e. The molecule has 0 radical (unpaired) electrons. The standard InChI is InChI=1S/C12H14ClN3O2/c1-7(13)11-15-9-6-14-5-4-10(9)16(11)8(2)12(17)18-3/h4-8H,1-3H3. The van der Waals surface area contributed by atoms with Gasteiger partial charge in [-0.1, -0.05) is 0 Å². The number of imidazole rings is 1. The molecular weight excluding hydrogens is 254 g/mol. The number of rotatable bonds is 3. The Labute approximate surface area is 110 Å². The van der Waals surface area contributed by atoms with Crippen LogP contribution >= 0.6 is 11.6 Å². The first-order valence-corrected chi connectivity index (χ1v) is 6.03. The fourth-order valence-corrected chi connectivity index (χ4v) is 2.09. The van der Waals surface area contributed by atoms with Crippen LogP contribution in [-0.2, 0) is 9.53 Å². The fourth-order valence-electron chi connectivity index (χ4n) is 1.93. The van der Waals surface area contributed by atoms with Crippen LogP contribution < -0.4 is 0 Å². The summed E-state index contributed by atoms with van der Waals surface area (Å²) < 4.78 is 6.57. The lowest BCUT2D eigenvalue weighted by molar-refractivity contribution is -0.143. The van der Waals surface area contributed by atoms with E-state index in [4.69, 9.17) is 16.3 Å². The second-order valence-electron chi connectivity index (χ2n) is 4.02. The van der Waals surface area contributed by atoms with E-state index in [2.05, 4.69) is 9.97 Å². The molecule has 0 amide bonds. The van der Waals surface area contributed by atoms with Gasteiger partial charge in [-0.2, -0.15) is 0 Å². The first-order chi connectivity index (χ1) is 8.56. The molecule has 0 aliphatic carbocycles. The lowest BCUT2D eigenvalue weighted by Gasteiger charge is -2.16. The number of ether oxygens (including phenoxy) is 1. The van der Waals surface area contributed by atoms with Gasteiger partial charge in [-0.15, -0.1) is 11.6 Å². The zero-order valence-electron chi connectivity index (χ0n) is 10.4. The van der Waals surface area contributed by atoms with Crippen molar-refractivity contribution in [3.8, 4) is 0 Å². The quantitative estimate of drug-likeness (QED) is 0.633. The van der Waals surface area contributed by atoms with Crippen LogP contribution in [0.15, 0.2) is 18.5 Å². The maximum atomic E-state index is 11.7. The van der Waals surface area contributed by atoms with Gasteiger partial charge in [0, 0.05) is 6.20 Å². The van der Waals surface area contributed by atoms with Gasteiger partial charge in [0.15, 0.2) is 0 Å². The van der Waals surface area contributed by atoms with E-state index in [1.807, 2.05) is 13.0 Å². The van der Waals surface area contributed by atoms with Gasteiger partial charge in [0.2, 0.25) is 0 Å². The lowest BCUT2D eigenvalue weighted by atomic mass is 10.3. The van der Waals surface area contributed by atoms with E-state index in [0.717, 1.165) is 11.0 Å². The van der Waals surface area contributed by atoms with Crippen molar-refractivity contribution in [1.29, 1.82) is 0 Å². The summed E-state index contributed by atoms with van der Waals surface area (Å²) in [5.41, 5.74) is 1.54. The number of nitrogens with zero attached hydrogens (tertiary/aromatic N) is 3. The van der Waals surface area contributed by atoms with Gasteiger partial charge in [-0.25, -0.2) is 9.78 Å². The summed E-state index contributed by atoms with van der Waals surface area (Å²) in [4.78, 5) is 20.1. The molecule has 0 bridgehead atoms. The van der Waals surface area contributed by atoms with Gasteiger partial charge >= 0.3 is 5.97 Å². The van der Waals surface area contributed by atoms with E-state index in [9.17, 15) is 4.79 Å². The Morgan fingerprint density at radius 2 is 2.22 bits per heavy atom. The number of esters is 1. The number of methoxy groups -OCH3 is 1. The van der Waals surface area contributed by atoms with E-state index in [1.54, 1.807) is 23.9 Å². The van der Waals surface area contributed by atoms with Crippen molar-refractivity contribution in [1.82, 2.24) is 14.5 Å². The summed E-state index contributed by atoms with van der Waals surface area (Å²) in [7, 11) is 1.36. The van der Waals surface area contributed by atoms with Crippen molar-refractivity contribution >= 4 is 28.6 Å². The number of hydrogen-bond acceptors (Lipinski definition) is 4. The third-order valence-electron chi connectivity index (χ3n) is 2.80. The predicted molar refractivity (Wildman–Crippen MR) is 68.5 cm³/mol. The van der Waals surface area contributed by atoms with Gasteiger partial charge in [0.25, 0.3) is 0 Å². The van der Waals surface area contributed by atoms with Crippen LogP contribution in [-0.4, -0.2) is 27.6 Å². The third-order valence-corrected chi connectivity index (χ3v) is 3.00. The molecule has 0 aliphatic heterocycles. The molecule has 0 aliphatic rings. The van der Waals surface area contributed by atoms with Crippen molar-refractivity contribution in [3.05, 3.63) is 24.3 Å². The predicted octanol–water partition coefficient (Wildman–Crippen LogP) is 2.47. The number of pyridine rings is 1. The molecule has 2 atom stereocenters. The van der Waals surface area contributed by atoms with Crippen LogP contribution in [0.1, 0.15) is 31.1 Å². The number of aromatic nitrogens is 3. The zero-order chi connectivity index (χ0) is 13.3. The minimum atomic E-state index is -0.474. The first kappa shape index (κ1) is 12.8. The van der Waals surface area contributed by atoms with Crippen LogP contribution in [0.4, 0.5) is 0 Å². The lowest BCUT2D eigenvalue weighted by Crippen LogP contribution is -2.20. The Morgan fingerprint density at radius 3 is 2.83 bits per heavy atom. The Morgan fingerprint density at radius 1 is 1.50 bits per heavy atom. The molecule has 2 aromatic heterocycles. The Kier molecular flexibility index (Phi) is 3.52. The molecule has 2 heterocycles. The van der Waals surface area contributed by atoms with Crippen LogP contribution in [0.25, 0.3) is 11.0 Å². The molecule has 6 heteroatoms. The second kappa shape index (κ2) is 4.94. The molecular formula is C12H14ClN3O2. The van der Waals surface area contributed by atoms with Crippen LogP contribution in [0, 0.1) is 0 Å². The van der Waals surface area contributed by atoms with Gasteiger partial charge in [-0.05, 0) is 19.9 Å². The molecule has 0 saturated heterocycles. The van der Waals surface area contributed by atoms with Crippen molar-refractivity contribution < 1.29 is 9.53 Å². The highest BCUT2D eigenvalue weighted by Crippen LogP contribution is 2.27. The Bertz CT molecular complexity index is 580. The number of carbonyl (C=O) groups excluding carboxylic acids is 1. The van der Waals surface area contributed by atoms with Crippen LogP contribution in [0.2, 0.25) is 0 Å². The first-order valence-electron chi connectivity index (χ1n) is 5.60. The summed E-state index contributed by atoms with van der Waals surface area (Å²) in [6.07, 6.45) is 3.31. The monoisotopic (exact) mass is 267 g/mol. The van der Waals surface area contributed by atoms with Gasteiger partial charge in [0.1, 0.15) is 17.4 Å². The smallest absolute Gasteiger partial charge is 0.328 e. The molecule has 18 heavy (non-hydrogen) atoms. The van der Waals surface area contributed by atoms with E-state index >= 15 is 0 Å². The molecule has 0 saturated carbocycles. The fraction of sp³-hybridized carbons (Fsp3) is 0.417. The molecule has 5 nitrogen and oxygen atoms in total. The van der Waals surface area contributed by atoms with Gasteiger partial charge < -0.3 is 9.30 Å². The highest BCUT2D eigenvalue weighted by molar-refractivity contribution is 6.20. The molecule has 2 aromatic rings. The van der Waals surface area contributed by atoms with Crippen molar-refractivity contribution in [2.45, 2.75) is 25.3 Å². The number of alkyl halides is 1. The number of fused-ring (bicyclic) bond motifs is 1. The van der Waals surface area contributed by atoms with E-state index in [0.29, 0.717) is 5.82 Å². The summed E-state index contributed by atoms with van der Waals surface area (Å²) in [6.45, 7) is 3.58. The highest BCUT2D eigenvalue weighted by Gasteiger charge is 2.23. The minimum absolute atomic E-state index is 0.301. The maximum Gasteiger partial charge on any atom is 0.328 e. The topological polar surface area (TPSA) is 57.0 Å². The Hall–Kier alpha value is -1.62. The number of halogens is 1. The average molecular weight is 268 g/mol. The summed E-state index contributed by atoms with van der Waals surface area (Å²) in [5.74, 6) is 0.308. The number of hydrogen-bond donors (Lipinski definition) is 0. The minimum Gasteiger partial charge on any atom is -0.467 e. The molecule has 0 fully saturated rings. The molecule has 0 aromatic carbocycles. The van der Waals surface area contributed by atoms with Gasteiger partial charge in [0.05, 0.1) is 24.2 Å². The maximum absolute atomic E-state index is 11.7. The third kappa shape index (κ3) is 2.06. The summed E-state index contributed by atoms with van der Waals surface area (Å²) in [6, 6.07) is 1.34. The van der Waals surface area contributed by atoms with Crippen molar-refractivity contribution in [2.75, 3.05) is 7.11 Å². The van der Waals surface area contributed by atoms with Crippen LogP contribution in [0.3, 0.4) is 0 Å². The SMILES string of the molecule is COC(=O)C(C)n1c(C(C)Cl)nc2cnccc21. The van der Waals surface area contributed by atoms with Crippen LogP contribution in [0.5, 0.6) is 0 Å². The normalized spacial score (nSPS) is 14.4.